The van der Waals surface area contributed by atoms with Crippen molar-refractivity contribution in [2.24, 2.45) is 5.92 Å². The smallest absolute Gasteiger partial charge is 0.337 e. The van der Waals surface area contributed by atoms with Crippen molar-refractivity contribution in [3.05, 3.63) is 53.9 Å². The SMILES string of the molecule is O=C(c1ccn(Cc2ccccc2)n1)N1CCCC(C(F)(F)F)C1. The number of hydrogen-bond acceptors (Lipinski definition) is 2. The van der Waals surface area contributed by atoms with E-state index in [0.717, 1.165) is 5.56 Å². The van der Waals surface area contributed by atoms with Crippen LogP contribution in [0.25, 0.3) is 0 Å². The van der Waals surface area contributed by atoms with Crippen molar-refractivity contribution in [1.29, 1.82) is 0 Å². The fourth-order valence-corrected chi connectivity index (χ4v) is 2.93. The van der Waals surface area contributed by atoms with Crippen molar-refractivity contribution in [2.75, 3.05) is 13.1 Å². The molecule has 128 valence electrons. The van der Waals surface area contributed by atoms with Crippen molar-refractivity contribution in [3.8, 4) is 0 Å². The molecule has 7 heteroatoms. The Morgan fingerprint density at radius 2 is 1.96 bits per heavy atom. The Bertz CT molecular complexity index is 697. The summed E-state index contributed by atoms with van der Waals surface area (Å²) in [7, 11) is 0. The Labute approximate surface area is 137 Å². The highest BCUT2D eigenvalue weighted by molar-refractivity contribution is 5.92. The summed E-state index contributed by atoms with van der Waals surface area (Å²) in [5, 5.41) is 4.21. The highest BCUT2D eigenvalue weighted by Crippen LogP contribution is 2.33. The second-order valence-electron chi connectivity index (χ2n) is 6.02. The first kappa shape index (κ1) is 16.5. The summed E-state index contributed by atoms with van der Waals surface area (Å²) in [6.45, 7) is 0.574. The molecule has 1 aliphatic rings. The topological polar surface area (TPSA) is 38.1 Å². The summed E-state index contributed by atoms with van der Waals surface area (Å²) in [5.41, 5.74) is 1.23. The highest BCUT2D eigenvalue weighted by Gasteiger charge is 2.42. The largest absolute Gasteiger partial charge is 0.393 e. The summed E-state index contributed by atoms with van der Waals surface area (Å²) >= 11 is 0. The van der Waals surface area contributed by atoms with E-state index in [0.29, 0.717) is 19.5 Å². The molecule has 3 rings (SSSR count). The number of nitrogens with zero attached hydrogens (tertiary/aromatic N) is 3. The number of likely N-dealkylation sites (tertiary alicyclic amines) is 1. The normalized spacial score (nSPS) is 18.6. The number of amides is 1. The number of alkyl halides is 3. The number of benzene rings is 1. The van der Waals surface area contributed by atoms with Gasteiger partial charge in [-0.2, -0.15) is 18.3 Å². The van der Waals surface area contributed by atoms with E-state index in [1.807, 2.05) is 30.3 Å². The van der Waals surface area contributed by atoms with Gasteiger partial charge < -0.3 is 4.90 Å². The maximum atomic E-state index is 12.9. The second kappa shape index (κ2) is 6.67. The Morgan fingerprint density at radius 3 is 2.67 bits per heavy atom. The van der Waals surface area contributed by atoms with Gasteiger partial charge in [-0.25, -0.2) is 0 Å². The fraction of sp³-hybridized carbons (Fsp3) is 0.412. The lowest BCUT2D eigenvalue weighted by Crippen LogP contribution is -2.44. The van der Waals surface area contributed by atoms with E-state index in [-0.39, 0.29) is 18.7 Å². The molecule has 1 amide bonds. The van der Waals surface area contributed by atoms with E-state index < -0.39 is 18.0 Å². The van der Waals surface area contributed by atoms with Gasteiger partial charge in [0.1, 0.15) is 5.69 Å². The quantitative estimate of drug-likeness (QED) is 0.861. The van der Waals surface area contributed by atoms with Crippen molar-refractivity contribution in [1.82, 2.24) is 14.7 Å². The van der Waals surface area contributed by atoms with Crippen LogP contribution in [0.4, 0.5) is 13.2 Å². The van der Waals surface area contributed by atoms with Gasteiger partial charge in [0, 0.05) is 19.3 Å². The fourth-order valence-electron chi connectivity index (χ4n) is 2.93. The Balaban J connectivity index is 1.67. The number of carbonyl (C=O) groups excluding carboxylic acids is 1. The first-order chi connectivity index (χ1) is 11.4. The van der Waals surface area contributed by atoms with Gasteiger partial charge in [-0.3, -0.25) is 9.48 Å². The molecule has 1 aromatic heterocycles. The van der Waals surface area contributed by atoms with Crippen LogP contribution in [0.2, 0.25) is 0 Å². The maximum absolute atomic E-state index is 12.9. The third-order valence-electron chi connectivity index (χ3n) is 4.22. The monoisotopic (exact) mass is 337 g/mol. The molecule has 1 atom stereocenters. The van der Waals surface area contributed by atoms with Crippen LogP contribution >= 0.6 is 0 Å². The summed E-state index contributed by atoms with van der Waals surface area (Å²) in [4.78, 5) is 13.7. The number of halogens is 3. The van der Waals surface area contributed by atoms with E-state index in [4.69, 9.17) is 0 Å². The maximum Gasteiger partial charge on any atom is 0.393 e. The van der Waals surface area contributed by atoms with Crippen LogP contribution in [0.15, 0.2) is 42.6 Å². The average molecular weight is 337 g/mol. The first-order valence-electron chi connectivity index (χ1n) is 7.87. The third-order valence-corrected chi connectivity index (χ3v) is 4.22. The second-order valence-corrected chi connectivity index (χ2v) is 6.02. The molecule has 2 heterocycles. The molecule has 0 N–H and O–H groups in total. The van der Waals surface area contributed by atoms with Crippen LogP contribution in [0.3, 0.4) is 0 Å². The van der Waals surface area contributed by atoms with E-state index >= 15 is 0 Å². The van der Waals surface area contributed by atoms with Gasteiger partial charge in [0.15, 0.2) is 0 Å². The zero-order valence-corrected chi connectivity index (χ0v) is 13.0. The van der Waals surface area contributed by atoms with Crippen LogP contribution in [0.1, 0.15) is 28.9 Å². The molecule has 0 bridgehead atoms. The van der Waals surface area contributed by atoms with Crippen molar-refractivity contribution >= 4 is 5.91 Å². The van der Waals surface area contributed by atoms with Crippen molar-refractivity contribution in [2.45, 2.75) is 25.6 Å². The standard InChI is InChI=1S/C17H18F3N3O/c18-17(19,20)14-7-4-9-22(12-14)16(24)15-8-10-23(21-15)11-13-5-2-1-3-6-13/h1-3,5-6,8,10,14H,4,7,9,11-12H2. The number of carbonyl (C=O) groups is 1. The number of hydrogen-bond donors (Lipinski definition) is 0. The minimum absolute atomic E-state index is 0.0791. The molecular formula is C17H18F3N3O. The van der Waals surface area contributed by atoms with E-state index in [9.17, 15) is 18.0 Å². The minimum atomic E-state index is -4.26. The lowest BCUT2D eigenvalue weighted by atomic mass is 9.97. The molecule has 1 unspecified atom stereocenters. The van der Waals surface area contributed by atoms with E-state index in [1.54, 1.807) is 16.9 Å². The third kappa shape index (κ3) is 3.77. The molecule has 1 aromatic carbocycles. The Hall–Kier alpha value is -2.31. The molecule has 0 radical (unpaired) electrons. The molecule has 1 aliphatic heterocycles. The van der Waals surface area contributed by atoms with Crippen LogP contribution in [-0.4, -0.2) is 39.9 Å². The molecule has 0 saturated carbocycles. The molecule has 0 spiro atoms. The molecule has 2 aromatic rings. The molecule has 0 aliphatic carbocycles. The average Bonchev–Trinajstić information content (AvgIpc) is 3.03. The Kier molecular flexibility index (Phi) is 4.59. The Morgan fingerprint density at radius 1 is 1.21 bits per heavy atom. The van der Waals surface area contributed by atoms with Crippen LogP contribution < -0.4 is 0 Å². The zero-order valence-electron chi connectivity index (χ0n) is 13.0. The van der Waals surface area contributed by atoms with Gasteiger partial charge in [-0.1, -0.05) is 30.3 Å². The van der Waals surface area contributed by atoms with Gasteiger partial charge >= 0.3 is 6.18 Å². The van der Waals surface area contributed by atoms with Gasteiger partial charge in [0.2, 0.25) is 0 Å². The lowest BCUT2D eigenvalue weighted by Gasteiger charge is -2.33. The first-order valence-corrected chi connectivity index (χ1v) is 7.87. The number of rotatable bonds is 3. The molecular weight excluding hydrogens is 319 g/mol. The molecule has 1 fully saturated rings. The highest BCUT2D eigenvalue weighted by atomic mass is 19.4. The van der Waals surface area contributed by atoms with Crippen LogP contribution in [-0.2, 0) is 6.54 Å². The van der Waals surface area contributed by atoms with Crippen LogP contribution in [0, 0.1) is 5.92 Å². The zero-order chi connectivity index (χ0) is 17.2. The summed E-state index contributed by atoms with van der Waals surface area (Å²) in [6, 6.07) is 11.2. The van der Waals surface area contributed by atoms with Crippen molar-refractivity contribution in [3.63, 3.8) is 0 Å². The minimum Gasteiger partial charge on any atom is -0.337 e. The van der Waals surface area contributed by atoms with Gasteiger partial charge in [-0.15, -0.1) is 0 Å². The number of aromatic nitrogens is 2. The van der Waals surface area contributed by atoms with Gasteiger partial charge in [0.25, 0.3) is 5.91 Å². The molecule has 1 saturated heterocycles. The predicted molar refractivity (Wildman–Crippen MR) is 82.5 cm³/mol. The number of piperidine rings is 1. The van der Waals surface area contributed by atoms with Gasteiger partial charge in [0.05, 0.1) is 12.5 Å². The van der Waals surface area contributed by atoms with E-state index in [1.165, 1.54) is 4.90 Å². The van der Waals surface area contributed by atoms with E-state index in [2.05, 4.69) is 5.10 Å². The summed E-state index contributed by atoms with van der Waals surface area (Å²) in [5.74, 6) is -1.88. The van der Waals surface area contributed by atoms with Crippen molar-refractivity contribution < 1.29 is 18.0 Å². The lowest BCUT2D eigenvalue weighted by molar-refractivity contribution is -0.184. The molecule has 24 heavy (non-hydrogen) atoms. The summed E-state index contributed by atoms with van der Waals surface area (Å²) in [6.07, 6.45) is -2.15. The summed E-state index contributed by atoms with van der Waals surface area (Å²) < 4.78 is 40.2. The van der Waals surface area contributed by atoms with Gasteiger partial charge in [-0.05, 0) is 24.5 Å². The predicted octanol–water partition coefficient (Wildman–Crippen LogP) is 3.35. The molecule has 4 nitrogen and oxygen atoms in total. The van der Waals surface area contributed by atoms with Crippen LogP contribution in [0.5, 0.6) is 0 Å².